The predicted molar refractivity (Wildman–Crippen MR) is 73.0 cm³/mol. The average Bonchev–Trinajstić information content (AvgIpc) is 2.47. The number of benzene rings is 1. The van der Waals surface area contributed by atoms with Crippen LogP contribution in [0.3, 0.4) is 0 Å². The Balaban J connectivity index is 1.92. The van der Waals surface area contributed by atoms with Gasteiger partial charge in [-0.1, -0.05) is 0 Å². The fourth-order valence-corrected chi connectivity index (χ4v) is 2.55. The first-order chi connectivity index (χ1) is 9.25. The van der Waals surface area contributed by atoms with Crippen molar-refractivity contribution < 1.29 is 14.3 Å². The van der Waals surface area contributed by atoms with Crippen LogP contribution in [0.5, 0.6) is 5.75 Å². The van der Waals surface area contributed by atoms with Gasteiger partial charge in [0.1, 0.15) is 12.4 Å². The normalized spacial score (nSPS) is 18.8. The minimum atomic E-state index is 0.0590. The molecular formula is C14H18N2O3. The summed E-state index contributed by atoms with van der Waals surface area (Å²) >= 11 is 0. The summed E-state index contributed by atoms with van der Waals surface area (Å²) in [5.74, 6) is 0.849. The third kappa shape index (κ3) is 2.38. The van der Waals surface area contributed by atoms with E-state index in [9.17, 15) is 4.79 Å². The first kappa shape index (κ1) is 12.3. The average molecular weight is 262 g/mol. The van der Waals surface area contributed by atoms with Crippen LogP contribution < -0.4 is 14.5 Å². The van der Waals surface area contributed by atoms with Gasteiger partial charge in [-0.15, -0.1) is 0 Å². The summed E-state index contributed by atoms with van der Waals surface area (Å²) in [5, 5.41) is 0. The first-order valence-electron chi connectivity index (χ1n) is 6.63. The summed E-state index contributed by atoms with van der Waals surface area (Å²) in [4.78, 5) is 15.7. The molecule has 0 radical (unpaired) electrons. The Morgan fingerprint density at radius 3 is 2.68 bits per heavy atom. The lowest BCUT2D eigenvalue weighted by molar-refractivity contribution is -0.116. The van der Waals surface area contributed by atoms with E-state index in [1.165, 1.54) is 0 Å². The van der Waals surface area contributed by atoms with E-state index in [4.69, 9.17) is 9.47 Å². The Bertz CT molecular complexity index is 484. The minimum absolute atomic E-state index is 0.0590. The topological polar surface area (TPSA) is 42.0 Å². The Kier molecular flexibility index (Phi) is 3.29. The van der Waals surface area contributed by atoms with Gasteiger partial charge in [-0.25, -0.2) is 0 Å². The standard InChI is InChI=1S/C14H18N2O3/c1-11(17)16-6-9-19-14-3-2-12(10-13(14)16)15-4-7-18-8-5-15/h2-3,10H,4-9H2,1H3. The number of carbonyl (C=O) groups is 1. The summed E-state index contributed by atoms with van der Waals surface area (Å²) in [5.41, 5.74) is 2.00. The van der Waals surface area contributed by atoms with Crippen LogP contribution in [0.15, 0.2) is 18.2 Å². The van der Waals surface area contributed by atoms with E-state index in [-0.39, 0.29) is 5.91 Å². The van der Waals surface area contributed by atoms with Crippen molar-refractivity contribution in [2.24, 2.45) is 0 Å². The molecule has 0 atom stereocenters. The van der Waals surface area contributed by atoms with Crippen molar-refractivity contribution in [1.29, 1.82) is 0 Å². The number of fused-ring (bicyclic) bond motifs is 1. The van der Waals surface area contributed by atoms with E-state index < -0.39 is 0 Å². The molecule has 5 heteroatoms. The van der Waals surface area contributed by atoms with Crippen molar-refractivity contribution in [1.82, 2.24) is 0 Å². The number of ether oxygens (including phenoxy) is 2. The second-order valence-electron chi connectivity index (χ2n) is 4.77. The molecule has 1 aromatic rings. The molecule has 0 spiro atoms. The van der Waals surface area contributed by atoms with Crippen LogP contribution in [0, 0.1) is 0 Å². The molecule has 1 amide bonds. The van der Waals surface area contributed by atoms with Gasteiger partial charge in [-0.05, 0) is 18.2 Å². The monoisotopic (exact) mass is 262 g/mol. The number of rotatable bonds is 1. The maximum Gasteiger partial charge on any atom is 0.224 e. The molecule has 0 bridgehead atoms. The molecule has 0 saturated carbocycles. The lowest BCUT2D eigenvalue weighted by Crippen LogP contribution is -2.38. The molecule has 1 fully saturated rings. The molecule has 3 rings (SSSR count). The number of nitrogens with zero attached hydrogens (tertiary/aromatic N) is 2. The number of carbonyl (C=O) groups excluding carboxylic acids is 1. The van der Waals surface area contributed by atoms with E-state index in [2.05, 4.69) is 4.90 Å². The van der Waals surface area contributed by atoms with Crippen molar-refractivity contribution in [3.8, 4) is 5.75 Å². The van der Waals surface area contributed by atoms with Gasteiger partial charge in [0.2, 0.25) is 5.91 Å². The van der Waals surface area contributed by atoms with Crippen LogP contribution in [-0.2, 0) is 9.53 Å². The number of hydrogen-bond acceptors (Lipinski definition) is 4. The number of anilines is 2. The molecule has 2 aliphatic heterocycles. The van der Waals surface area contributed by atoms with Crippen LogP contribution >= 0.6 is 0 Å². The quantitative estimate of drug-likeness (QED) is 0.764. The number of hydrogen-bond donors (Lipinski definition) is 0. The minimum Gasteiger partial charge on any atom is -0.490 e. The molecule has 0 unspecified atom stereocenters. The molecule has 2 heterocycles. The van der Waals surface area contributed by atoms with Gasteiger partial charge in [0.25, 0.3) is 0 Å². The Morgan fingerprint density at radius 1 is 1.16 bits per heavy atom. The number of morpholine rings is 1. The second-order valence-corrected chi connectivity index (χ2v) is 4.77. The number of amides is 1. The third-order valence-electron chi connectivity index (χ3n) is 3.56. The molecule has 0 N–H and O–H groups in total. The second kappa shape index (κ2) is 5.09. The van der Waals surface area contributed by atoms with E-state index in [0.717, 1.165) is 43.4 Å². The summed E-state index contributed by atoms with van der Waals surface area (Å²) in [6.07, 6.45) is 0. The SMILES string of the molecule is CC(=O)N1CCOc2ccc(N3CCOCC3)cc21. The smallest absolute Gasteiger partial charge is 0.224 e. The maximum absolute atomic E-state index is 11.7. The largest absolute Gasteiger partial charge is 0.490 e. The molecule has 1 aromatic carbocycles. The van der Waals surface area contributed by atoms with Crippen LogP contribution in [-0.4, -0.2) is 45.4 Å². The zero-order valence-electron chi connectivity index (χ0n) is 11.1. The fourth-order valence-electron chi connectivity index (χ4n) is 2.55. The summed E-state index contributed by atoms with van der Waals surface area (Å²) < 4.78 is 11.0. The third-order valence-corrected chi connectivity index (χ3v) is 3.56. The zero-order valence-corrected chi connectivity index (χ0v) is 11.1. The molecule has 1 saturated heterocycles. The van der Waals surface area contributed by atoms with Crippen molar-refractivity contribution in [2.45, 2.75) is 6.92 Å². The van der Waals surface area contributed by atoms with Gasteiger partial charge in [-0.3, -0.25) is 4.79 Å². The van der Waals surface area contributed by atoms with E-state index in [0.29, 0.717) is 13.2 Å². The van der Waals surface area contributed by atoms with Crippen molar-refractivity contribution >= 4 is 17.3 Å². The van der Waals surface area contributed by atoms with E-state index in [1.807, 2.05) is 18.2 Å². The zero-order chi connectivity index (χ0) is 13.2. The summed E-state index contributed by atoms with van der Waals surface area (Å²) in [6, 6.07) is 6.05. The van der Waals surface area contributed by atoms with Crippen LogP contribution in [0.25, 0.3) is 0 Å². The van der Waals surface area contributed by atoms with Gasteiger partial charge in [0.15, 0.2) is 0 Å². The molecule has 0 aromatic heterocycles. The van der Waals surface area contributed by atoms with Crippen LogP contribution in [0.2, 0.25) is 0 Å². The molecule has 2 aliphatic rings. The van der Waals surface area contributed by atoms with E-state index >= 15 is 0 Å². The highest BCUT2D eigenvalue weighted by Gasteiger charge is 2.22. The summed E-state index contributed by atoms with van der Waals surface area (Å²) in [6.45, 7) is 6.06. The Morgan fingerprint density at radius 2 is 1.95 bits per heavy atom. The highest BCUT2D eigenvalue weighted by atomic mass is 16.5. The van der Waals surface area contributed by atoms with Crippen molar-refractivity contribution in [3.63, 3.8) is 0 Å². The van der Waals surface area contributed by atoms with E-state index in [1.54, 1.807) is 11.8 Å². The molecular weight excluding hydrogens is 244 g/mol. The molecule has 19 heavy (non-hydrogen) atoms. The van der Waals surface area contributed by atoms with Gasteiger partial charge < -0.3 is 19.3 Å². The Labute approximate surface area is 112 Å². The van der Waals surface area contributed by atoms with Gasteiger partial charge >= 0.3 is 0 Å². The highest BCUT2D eigenvalue weighted by molar-refractivity contribution is 5.94. The predicted octanol–water partition coefficient (Wildman–Crippen LogP) is 1.27. The molecule has 5 nitrogen and oxygen atoms in total. The van der Waals surface area contributed by atoms with Gasteiger partial charge in [0.05, 0.1) is 25.4 Å². The van der Waals surface area contributed by atoms with Crippen molar-refractivity contribution in [3.05, 3.63) is 18.2 Å². The highest BCUT2D eigenvalue weighted by Crippen LogP contribution is 2.35. The van der Waals surface area contributed by atoms with Gasteiger partial charge in [-0.2, -0.15) is 0 Å². The van der Waals surface area contributed by atoms with Crippen LogP contribution in [0.1, 0.15) is 6.92 Å². The fraction of sp³-hybridized carbons (Fsp3) is 0.500. The van der Waals surface area contributed by atoms with Crippen LogP contribution in [0.4, 0.5) is 11.4 Å². The molecule has 0 aliphatic carbocycles. The van der Waals surface area contributed by atoms with Gasteiger partial charge in [0, 0.05) is 25.7 Å². The molecule has 102 valence electrons. The Hall–Kier alpha value is -1.75. The maximum atomic E-state index is 11.7. The van der Waals surface area contributed by atoms with Crippen molar-refractivity contribution in [2.75, 3.05) is 49.3 Å². The summed E-state index contributed by atoms with van der Waals surface area (Å²) in [7, 11) is 0. The lowest BCUT2D eigenvalue weighted by atomic mass is 10.2. The first-order valence-corrected chi connectivity index (χ1v) is 6.63. The lowest BCUT2D eigenvalue weighted by Gasteiger charge is -2.32.